The molecule has 4 aromatic rings. The minimum atomic E-state index is 0.263. The maximum atomic E-state index is 5.54. The molecule has 0 unspecified atom stereocenters. The molecule has 0 radical (unpaired) electrons. The lowest BCUT2D eigenvalue weighted by Gasteiger charge is -2.21. The lowest BCUT2D eigenvalue weighted by Crippen LogP contribution is -2.04. The smallest absolute Gasteiger partial charge is 0.258 e. The molecule has 148 valence electrons. The zero-order valence-electron chi connectivity index (χ0n) is 16.9. The van der Waals surface area contributed by atoms with Crippen molar-refractivity contribution in [1.82, 2.24) is 25.1 Å². The molecule has 1 aliphatic carbocycles. The van der Waals surface area contributed by atoms with Crippen LogP contribution >= 0.6 is 0 Å². The van der Waals surface area contributed by atoms with Gasteiger partial charge in [-0.1, -0.05) is 41.8 Å². The molecule has 0 aliphatic heterocycles. The van der Waals surface area contributed by atoms with E-state index in [1.165, 1.54) is 37.7 Å². The number of hydrogen-bond donors (Lipinski definition) is 0. The van der Waals surface area contributed by atoms with Crippen LogP contribution in [0, 0.1) is 0 Å². The minimum Gasteiger partial charge on any atom is -0.334 e. The normalized spacial score (nSPS) is 15.4. The van der Waals surface area contributed by atoms with Crippen LogP contribution < -0.4 is 0 Å². The quantitative estimate of drug-likeness (QED) is 0.444. The summed E-state index contributed by atoms with van der Waals surface area (Å²) in [5, 5.41) is 12.7. The van der Waals surface area contributed by atoms with Gasteiger partial charge in [-0.2, -0.15) is 4.98 Å². The van der Waals surface area contributed by atoms with Crippen LogP contribution in [0.15, 0.2) is 47.0 Å². The fourth-order valence-corrected chi connectivity index (χ4v) is 4.25. The molecule has 0 atom stereocenters. The Morgan fingerprint density at radius 3 is 2.48 bits per heavy atom. The molecule has 1 aliphatic rings. The highest BCUT2D eigenvalue weighted by atomic mass is 16.5. The summed E-state index contributed by atoms with van der Waals surface area (Å²) in [6, 6.07) is 14.8. The molecule has 2 heterocycles. The van der Waals surface area contributed by atoms with Crippen molar-refractivity contribution in [3.63, 3.8) is 0 Å². The van der Waals surface area contributed by atoms with Gasteiger partial charge in [0.1, 0.15) is 5.52 Å². The van der Waals surface area contributed by atoms with Gasteiger partial charge in [0.2, 0.25) is 5.82 Å². The van der Waals surface area contributed by atoms with E-state index in [-0.39, 0.29) is 6.04 Å². The van der Waals surface area contributed by atoms with Gasteiger partial charge >= 0.3 is 0 Å². The summed E-state index contributed by atoms with van der Waals surface area (Å²) >= 11 is 0. The van der Waals surface area contributed by atoms with Crippen molar-refractivity contribution < 1.29 is 4.52 Å². The first-order chi connectivity index (χ1) is 14.2. The van der Waals surface area contributed by atoms with Crippen molar-refractivity contribution in [2.24, 2.45) is 0 Å². The van der Waals surface area contributed by atoms with Crippen molar-refractivity contribution in [1.29, 1.82) is 0 Å². The minimum absolute atomic E-state index is 0.263. The second-order valence-electron chi connectivity index (χ2n) is 8.21. The van der Waals surface area contributed by atoms with Gasteiger partial charge in [-0.3, -0.25) is 0 Å². The topological polar surface area (TPSA) is 69.6 Å². The average Bonchev–Trinajstić information content (AvgIpc) is 3.41. The second kappa shape index (κ2) is 7.43. The van der Waals surface area contributed by atoms with E-state index in [2.05, 4.69) is 58.6 Å². The van der Waals surface area contributed by atoms with E-state index in [0.29, 0.717) is 17.6 Å². The highest BCUT2D eigenvalue weighted by Crippen LogP contribution is 2.33. The molecule has 29 heavy (non-hydrogen) atoms. The third-order valence-corrected chi connectivity index (χ3v) is 5.88. The van der Waals surface area contributed by atoms with E-state index in [4.69, 9.17) is 4.52 Å². The summed E-state index contributed by atoms with van der Waals surface area (Å²) in [7, 11) is 0. The fourth-order valence-electron chi connectivity index (χ4n) is 4.25. The van der Waals surface area contributed by atoms with Gasteiger partial charge in [0, 0.05) is 17.2 Å². The third kappa shape index (κ3) is 3.43. The Kier molecular flexibility index (Phi) is 4.62. The molecule has 0 spiro atoms. The highest BCUT2D eigenvalue weighted by molar-refractivity contribution is 5.80. The summed E-state index contributed by atoms with van der Waals surface area (Å²) in [6.07, 6.45) is 6.66. The van der Waals surface area contributed by atoms with Crippen LogP contribution in [0.2, 0.25) is 0 Å². The molecule has 1 saturated carbocycles. The van der Waals surface area contributed by atoms with Crippen molar-refractivity contribution in [2.45, 2.75) is 57.9 Å². The van der Waals surface area contributed by atoms with Gasteiger partial charge in [0.25, 0.3) is 5.89 Å². The van der Waals surface area contributed by atoms with Crippen LogP contribution in [0.5, 0.6) is 0 Å². The maximum absolute atomic E-state index is 5.54. The molecule has 0 N–H and O–H groups in total. The average molecular weight is 387 g/mol. The van der Waals surface area contributed by atoms with E-state index in [9.17, 15) is 0 Å². The third-order valence-electron chi connectivity index (χ3n) is 5.88. The molecular weight excluding hydrogens is 362 g/mol. The molecular formula is C23H25N5O. The molecule has 0 bridgehead atoms. The van der Waals surface area contributed by atoms with Crippen LogP contribution in [-0.2, 0) is 0 Å². The van der Waals surface area contributed by atoms with E-state index >= 15 is 0 Å². The Bertz CT molecular complexity index is 1120. The van der Waals surface area contributed by atoms with Crippen molar-refractivity contribution >= 4 is 11.0 Å². The fraction of sp³-hybridized carbons (Fsp3) is 0.391. The van der Waals surface area contributed by atoms with Crippen molar-refractivity contribution in [2.75, 3.05) is 0 Å². The predicted molar refractivity (Wildman–Crippen MR) is 112 cm³/mol. The zero-order chi connectivity index (χ0) is 19.8. The molecule has 6 nitrogen and oxygen atoms in total. The largest absolute Gasteiger partial charge is 0.334 e. The van der Waals surface area contributed by atoms with Crippen LogP contribution in [0.25, 0.3) is 33.9 Å². The predicted octanol–water partition coefficient (Wildman–Crippen LogP) is 5.78. The highest BCUT2D eigenvalue weighted by Gasteiger charge is 2.17. The Hall–Kier alpha value is -3.02. The van der Waals surface area contributed by atoms with Crippen LogP contribution in [0.3, 0.4) is 0 Å². The summed E-state index contributed by atoms with van der Waals surface area (Å²) < 4.78 is 7.45. The zero-order valence-corrected chi connectivity index (χ0v) is 16.9. The van der Waals surface area contributed by atoms with Gasteiger partial charge in [-0.25, -0.2) is 4.68 Å². The van der Waals surface area contributed by atoms with Gasteiger partial charge in [0.05, 0.1) is 5.52 Å². The Balaban J connectivity index is 1.39. The second-order valence-corrected chi connectivity index (χ2v) is 8.21. The Morgan fingerprint density at radius 2 is 1.72 bits per heavy atom. The number of nitrogens with zero attached hydrogens (tertiary/aromatic N) is 5. The van der Waals surface area contributed by atoms with Gasteiger partial charge in [-0.15, -0.1) is 5.10 Å². The van der Waals surface area contributed by atoms with Crippen molar-refractivity contribution in [3.8, 4) is 22.8 Å². The number of benzene rings is 2. The van der Waals surface area contributed by atoms with Crippen LogP contribution in [0.4, 0.5) is 0 Å². The van der Waals surface area contributed by atoms with Crippen molar-refractivity contribution in [3.05, 3.63) is 48.0 Å². The van der Waals surface area contributed by atoms with E-state index in [1.807, 2.05) is 22.9 Å². The molecule has 6 heteroatoms. The lowest BCUT2D eigenvalue weighted by molar-refractivity contribution is 0.432. The number of aromatic nitrogens is 5. The molecule has 5 rings (SSSR count). The Morgan fingerprint density at radius 1 is 0.966 bits per heavy atom. The molecule has 0 saturated heterocycles. The van der Waals surface area contributed by atoms with Crippen LogP contribution in [0.1, 0.15) is 63.5 Å². The monoisotopic (exact) mass is 387 g/mol. The van der Waals surface area contributed by atoms with E-state index in [1.54, 1.807) is 0 Å². The van der Waals surface area contributed by atoms with Crippen LogP contribution in [-0.4, -0.2) is 25.1 Å². The molecule has 2 aromatic heterocycles. The van der Waals surface area contributed by atoms with Gasteiger partial charge < -0.3 is 4.52 Å². The molecule has 0 amide bonds. The van der Waals surface area contributed by atoms with E-state index < -0.39 is 0 Å². The summed E-state index contributed by atoms with van der Waals surface area (Å²) in [5.41, 5.74) is 5.09. The summed E-state index contributed by atoms with van der Waals surface area (Å²) in [4.78, 5) is 4.61. The summed E-state index contributed by atoms with van der Waals surface area (Å²) in [5.74, 6) is 1.81. The van der Waals surface area contributed by atoms with Gasteiger partial charge in [-0.05, 0) is 68.5 Å². The first-order valence-corrected chi connectivity index (χ1v) is 10.5. The lowest BCUT2D eigenvalue weighted by atomic mass is 9.84. The summed E-state index contributed by atoms with van der Waals surface area (Å²) in [6.45, 7) is 4.18. The maximum Gasteiger partial charge on any atom is 0.258 e. The number of hydrogen-bond acceptors (Lipinski definition) is 5. The molecule has 2 aromatic carbocycles. The van der Waals surface area contributed by atoms with Gasteiger partial charge in [0.15, 0.2) is 0 Å². The SMILES string of the molecule is CC(C)n1nnc2cc(-c3noc(-c4ccc(C5CCCCC5)cc4)n3)ccc21. The first-order valence-electron chi connectivity index (χ1n) is 10.5. The number of fused-ring (bicyclic) bond motifs is 1. The van der Waals surface area contributed by atoms with E-state index in [0.717, 1.165) is 22.2 Å². The first kappa shape index (κ1) is 18.0. The molecule has 1 fully saturated rings. The Labute approximate surface area is 169 Å². The standard InChI is InChI=1S/C23H25N5O/c1-15(2)28-21-13-12-19(14-20(21)25-27-28)22-24-23(29-26-22)18-10-8-17(9-11-18)16-6-4-3-5-7-16/h8-16H,3-7H2,1-2H3. The number of rotatable bonds is 4.